The molecular weight excluding hydrogens is 817 g/mol. The van der Waals surface area contributed by atoms with Gasteiger partial charge in [-0.05, 0) is 147 Å². The van der Waals surface area contributed by atoms with Gasteiger partial charge in [0.1, 0.15) is 11.2 Å². The summed E-state index contributed by atoms with van der Waals surface area (Å²) in [5.41, 5.74) is 14.0. The van der Waals surface area contributed by atoms with E-state index in [-0.39, 0.29) is 0 Å². The second kappa shape index (κ2) is 14.6. The van der Waals surface area contributed by atoms with Crippen LogP contribution < -0.4 is 0 Å². The quantitative estimate of drug-likeness (QED) is 0.157. The molecule has 2 heterocycles. The topological polar surface area (TPSA) is 13.1 Å². The molecule has 0 bridgehead atoms. The summed E-state index contributed by atoms with van der Waals surface area (Å²) < 4.78 is 9.39. The number of benzene rings is 12. The van der Waals surface area contributed by atoms with Crippen LogP contribution in [0.3, 0.4) is 0 Å². The Morgan fingerprint density at radius 2 is 0.576 bits per heavy atom. The molecule has 14 aromatic rings. The third-order valence-electron chi connectivity index (χ3n) is 13.8. The summed E-state index contributed by atoms with van der Waals surface area (Å²) in [7, 11) is 0. The van der Waals surface area contributed by atoms with Gasteiger partial charge in [0.2, 0.25) is 0 Å². The summed E-state index contributed by atoms with van der Waals surface area (Å²) in [6.07, 6.45) is 0. The second-order valence-electron chi connectivity index (χ2n) is 17.5. The monoisotopic (exact) mass is 854 g/mol. The number of hydrogen-bond donors (Lipinski definition) is 0. The maximum Gasteiger partial charge on any atom is 0.136 e. The van der Waals surface area contributed by atoms with Crippen molar-refractivity contribution in [3.63, 3.8) is 0 Å². The zero-order valence-corrected chi connectivity index (χ0v) is 36.6. The summed E-state index contributed by atoms with van der Waals surface area (Å²) in [5, 5.41) is 14.7. The van der Waals surface area contributed by atoms with Gasteiger partial charge in [0.05, 0.1) is 0 Å². The van der Waals surface area contributed by atoms with Crippen molar-refractivity contribution in [1.82, 2.24) is 0 Å². The van der Waals surface area contributed by atoms with Crippen molar-refractivity contribution < 1.29 is 4.42 Å². The Labute approximate surface area is 385 Å². The van der Waals surface area contributed by atoms with Crippen LogP contribution in [0.15, 0.2) is 235 Å². The van der Waals surface area contributed by atoms with Crippen LogP contribution in [0, 0.1) is 0 Å². The molecule has 2 aromatic heterocycles. The smallest absolute Gasteiger partial charge is 0.136 e. The molecule has 0 saturated heterocycles. The molecule has 0 radical (unpaired) electrons. The van der Waals surface area contributed by atoms with Gasteiger partial charge >= 0.3 is 0 Å². The van der Waals surface area contributed by atoms with Crippen molar-refractivity contribution >= 4 is 96.5 Å². The fraction of sp³-hybridized carbons (Fsp3) is 0. The van der Waals surface area contributed by atoms with E-state index in [0.29, 0.717) is 0 Å². The lowest BCUT2D eigenvalue weighted by atomic mass is 9.85. The van der Waals surface area contributed by atoms with E-state index in [4.69, 9.17) is 4.42 Å². The molecule has 0 aliphatic carbocycles. The van der Waals surface area contributed by atoms with Gasteiger partial charge < -0.3 is 4.42 Å². The van der Waals surface area contributed by atoms with Gasteiger partial charge in [-0.3, -0.25) is 0 Å². The molecule has 2 heteroatoms. The second-order valence-corrected chi connectivity index (χ2v) is 18.5. The number of fused-ring (bicyclic) bond motifs is 10. The standard InChI is InChI=1S/C64H38OS/c1-3-15-39(16-4-1)41-29-33-59-55(35-41)56-37-43(30-34-60(56)66-59)63-50-23-11-13-25-52(50)64(53-26-14-12-24-51(53)63)44-27-31-45-54-36-42(28-32-57(54)65-58(45)38-44)62-48-21-9-7-19-46(48)61(40-17-5-2-6-18-40)47-20-8-10-22-49(47)62/h1-38H. The summed E-state index contributed by atoms with van der Waals surface area (Å²) >= 11 is 1.87. The molecular formula is C64H38OS. The molecule has 66 heavy (non-hydrogen) atoms. The van der Waals surface area contributed by atoms with Gasteiger partial charge in [0, 0.05) is 30.9 Å². The Bertz CT molecular complexity index is 4160. The highest BCUT2D eigenvalue weighted by Crippen LogP contribution is 2.48. The van der Waals surface area contributed by atoms with Crippen LogP contribution in [0.25, 0.3) is 141 Å². The number of furan rings is 1. The van der Waals surface area contributed by atoms with Crippen molar-refractivity contribution in [1.29, 1.82) is 0 Å². The van der Waals surface area contributed by atoms with E-state index in [1.165, 1.54) is 113 Å². The van der Waals surface area contributed by atoms with Crippen LogP contribution in [0.1, 0.15) is 0 Å². The summed E-state index contributed by atoms with van der Waals surface area (Å²) in [6, 6.07) is 84.6. The zero-order chi connectivity index (χ0) is 43.3. The molecule has 0 amide bonds. The minimum atomic E-state index is 0.885. The maximum absolute atomic E-state index is 6.78. The fourth-order valence-corrected chi connectivity index (χ4v) is 12.0. The molecule has 306 valence electrons. The molecule has 0 aliphatic rings. The first-order chi connectivity index (χ1) is 32.7. The van der Waals surface area contributed by atoms with Crippen molar-refractivity contribution in [2.45, 2.75) is 0 Å². The van der Waals surface area contributed by atoms with E-state index in [9.17, 15) is 0 Å². The van der Waals surface area contributed by atoms with E-state index in [2.05, 4.69) is 231 Å². The average Bonchev–Trinajstić information content (AvgIpc) is 3.94. The lowest BCUT2D eigenvalue weighted by Crippen LogP contribution is -1.91. The van der Waals surface area contributed by atoms with E-state index < -0.39 is 0 Å². The summed E-state index contributed by atoms with van der Waals surface area (Å²) in [5.74, 6) is 0. The minimum Gasteiger partial charge on any atom is -0.456 e. The predicted octanol–water partition coefficient (Wildman–Crippen LogP) is 18.9. The molecule has 1 nitrogen and oxygen atoms in total. The average molecular weight is 855 g/mol. The zero-order valence-electron chi connectivity index (χ0n) is 35.8. The highest BCUT2D eigenvalue weighted by molar-refractivity contribution is 7.25. The van der Waals surface area contributed by atoms with Gasteiger partial charge in [-0.1, -0.05) is 182 Å². The van der Waals surface area contributed by atoms with E-state index in [0.717, 1.165) is 27.5 Å². The largest absolute Gasteiger partial charge is 0.456 e. The molecule has 0 spiro atoms. The van der Waals surface area contributed by atoms with Crippen molar-refractivity contribution in [2.24, 2.45) is 0 Å². The number of thiophene rings is 1. The van der Waals surface area contributed by atoms with E-state index >= 15 is 0 Å². The van der Waals surface area contributed by atoms with Crippen LogP contribution >= 0.6 is 11.3 Å². The number of rotatable bonds is 5. The Hall–Kier alpha value is -8.30. The predicted molar refractivity (Wildman–Crippen MR) is 284 cm³/mol. The van der Waals surface area contributed by atoms with Crippen LogP contribution in [0.2, 0.25) is 0 Å². The molecule has 0 N–H and O–H groups in total. The Balaban J connectivity index is 0.930. The Morgan fingerprint density at radius 1 is 0.212 bits per heavy atom. The molecule has 0 saturated carbocycles. The van der Waals surface area contributed by atoms with Crippen molar-refractivity contribution in [3.8, 4) is 55.6 Å². The van der Waals surface area contributed by atoms with Crippen molar-refractivity contribution in [3.05, 3.63) is 231 Å². The molecule has 0 fully saturated rings. The maximum atomic E-state index is 6.78. The van der Waals surface area contributed by atoms with E-state index in [1.54, 1.807) is 0 Å². The summed E-state index contributed by atoms with van der Waals surface area (Å²) in [6.45, 7) is 0. The van der Waals surface area contributed by atoms with Crippen molar-refractivity contribution in [2.75, 3.05) is 0 Å². The van der Waals surface area contributed by atoms with Gasteiger partial charge in [-0.2, -0.15) is 0 Å². The highest BCUT2D eigenvalue weighted by atomic mass is 32.1. The first-order valence-electron chi connectivity index (χ1n) is 22.6. The Morgan fingerprint density at radius 3 is 1.08 bits per heavy atom. The number of hydrogen-bond acceptors (Lipinski definition) is 2. The van der Waals surface area contributed by atoms with Crippen LogP contribution in [-0.2, 0) is 0 Å². The normalized spacial score (nSPS) is 11.9. The minimum absolute atomic E-state index is 0.885. The SMILES string of the molecule is c1ccc(-c2ccc3sc4ccc(-c5c6ccccc6c(-c6ccc7c(c6)oc6ccc(-c8c9ccccc9c(-c9ccccc9)c9ccccc89)cc67)c6ccccc56)cc4c3c2)cc1. The van der Waals surface area contributed by atoms with E-state index in [1.807, 2.05) is 11.3 Å². The first kappa shape index (κ1) is 37.1. The molecule has 0 atom stereocenters. The van der Waals surface area contributed by atoms with Gasteiger partial charge in [-0.25, -0.2) is 0 Å². The molecule has 14 rings (SSSR count). The highest BCUT2D eigenvalue weighted by Gasteiger charge is 2.21. The molecule has 12 aromatic carbocycles. The van der Waals surface area contributed by atoms with Gasteiger partial charge in [0.25, 0.3) is 0 Å². The third-order valence-corrected chi connectivity index (χ3v) is 15.0. The fourth-order valence-electron chi connectivity index (χ4n) is 10.9. The Kier molecular flexibility index (Phi) is 8.22. The lowest BCUT2D eigenvalue weighted by molar-refractivity contribution is 0.669. The molecule has 0 aliphatic heterocycles. The lowest BCUT2D eigenvalue weighted by Gasteiger charge is -2.18. The van der Waals surface area contributed by atoms with Crippen LogP contribution in [-0.4, -0.2) is 0 Å². The molecule has 0 unspecified atom stereocenters. The van der Waals surface area contributed by atoms with Gasteiger partial charge in [-0.15, -0.1) is 11.3 Å². The summed E-state index contributed by atoms with van der Waals surface area (Å²) in [4.78, 5) is 0. The van der Waals surface area contributed by atoms with Gasteiger partial charge in [0.15, 0.2) is 0 Å². The van der Waals surface area contributed by atoms with Crippen LogP contribution in [0.4, 0.5) is 0 Å². The third kappa shape index (κ3) is 5.65. The van der Waals surface area contributed by atoms with Crippen LogP contribution in [0.5, 0.6) is 0 Å². The first-order valence-corrected chi connectivity index (χ1v) is 23.5.